The Bertz CT molecular complexity index is 531. The van der Waals surface area contributed by atoms with Crippen LogP contribution in [-0.2, 0) is 20.4 Å². The highest BCUT2D eigenvalue weighted by Crippen LogP contribution is 2.19. The Morgan fingerprint density at radius 2 is 1.90 bits per heavy atom. The summed E-state index contributed by atoms with van der Waals surface area (Å²) in [5.41, 5.74) is 0. The summed E-state index contributed by atoms with van der Waals surface area (Å²) in [5, 5.41) is 2.64. The van der Waals surface area contributed by atoms with Gasteiger partial charge in [-0.25, -0.2) is 0 Å². The molecular formula is C14H18BrNO3S. The van der Waals surface area contributed by atoms with Crippen LogP contribution < -0.4 is 5.32 Å². The van der Waals surface area contributed by atoms with Crippen molar-refractivity contribution in [2.24, 2.45) is 5.92 Å². The fourth-order valence-corrected chi connectivity index (χ4v) is 3.60. The average Bonchev–Trinajstić information content (AvgIpc) is 2.35. The van der Waals surface area contributed by atoms with Gasteiger partial charge >= 0.3 is 0 Å². The van der Waals surface area contributed by atoms with Crippen LogP contribution in [0.3, 0.4) is 0 Å². The normalized spacial score (nSPS) is 13.8. The van der Waals surface area contributed by atoms with Crippen molar-refractivity contribution in [3.63, 3.8) is 0 Å². The first-order valence-electron chi connectivity index (χ1n) is 6.25. The van der Waals surface area contributed by atoms with Gasteiger partial charge in [-0.15, -0.1) is 0 Å². The van der Waals surface area contributed by atoms with E-state index in [1.54, 1.807) is 18.2 Å². The molecule has 6 heteroatoms. The van der Waals surface area contributed by atoms with Crippen molar-refractivity contribution in [1.29, 1.82) is 0 Å². The van der Waals surface area contributed by atoms with Gasteiger partial charge in [0, 0.05) is 4.47 Å². The first-order chi connectivity index (χ1) is 9.32. The third-order valence-electron chi connectivity index (χ3n) is 2.77. The topological polar surface area (TPSA) is 63.2 Å². The lowest BCUT2D eigenvalue weighted by Crippen LogP contribution is -2.45. The van der Waals surface area contributed by atoms with Crippen LogP contribution in [0.5, 0.6) is 0 Å². The van der Waals surface area contributed by atoms with Crippen molar-refractivity contribution in [3.8, 4) is 0 Å². The number of hydrogen-bond acceptors (Lipinski definition) is 3. The Hall–Kier alpha value is -1.01. The van der Waals surface area contributed by atoms with E-state index in [4.69, 9.17) is 0 Å². The number of rotatable bonds is 6. The van der Waals surface area contributed by atoms with E-state index in [1.165, 1.54) is 6.92 Å². The molecule has 1 rings (SSSR count). The van der Waals surface area contributed by atoms with Crippen LogP contribution in [0.4, 0.5) is 0 Å². The first kappa shape index (κ1) is 17.0. The molecule has 1 amide bonds. The molecule has 1 N–H and O–H groups in total. The highest BCUT2D eigenvalue weighted by molar-refractivity contribution is 9.10. The molecule has 0 aliphatic carbocycles. The fraction of sp³-hybridized carbons (Fsp3) is 0.429. The van der Waals surface area contributed by atoms with Crippen LogP contribution in [-0.4, -0.2) is 27.7 Å². The molecule has 0 spiro atoms. The second-order valence-corrected chi connectivity index (χ2v) is 7.09. The second kappa shape index (κ2) is 7.69. The largest absolute Gasteiger partial charge is 0.345 e. The SMILES string of the molecule is CC(=O)C(NC(=O)CS(=O)c1ccccc1Br)C(C)C. The molecule has 0 saturated heterocycles. The summed E-state index contributed by atoms with van der Waals surface area (Å²) in [6.07, 6.45) is 0. The zero-order valence-corrected chi connectivity index (χ0v) is 14.1. The molecule has 2 unspecified atom stereocenters. The highest BCUT2D eigenvalue weighted by atomic mass is 79.9. The number of benzene rings is 1. The van der Waals surface area contributed by atoms with Gasteiger partial charge in [-0.3, -0.25) is 13.8 Å². The minimum atomic E-state index is -1.44. The summed E-state index contributed by atoms with van der Waals surface area (Å²) in [6, 6.07) is 6.53. The zero-order valence-electron chi connectivity index (χ0n) is 11.7. The maximum Gasteiger partial charge on any atom is 0.233 e. The quantitative estimate of drug-likeness (QED) is 0.847. The molecule has 0 aliphatic rings. The summed E-state index contributed by atoms with van der Waals surface area (Å²) in [5.74, 6) is -0.625. The molecule has 1 aromatic carbocycles. The van der Waals surface area contributed by atoms with Crippen LogP contribution in [0.2, 0.25) is 0 Å². The number of ketones is 1. The smallest absolute Gasteiger partial charge is 0.233 e. The average molecular weight is 360 g/mol. The minimum Gasteiger partial charge on any atom is -0.345 e. The Balaban J connectivity index is 2.69. The Morgan fingerprint density at radius 3 is 2.40 bits per heavy atom. The minimum absolute atomic E-state index is 0.00773. The number of carbonyl (C=O) groups is 2. The van der Waals surface area contributed by atoms with Gasteiger partial charge in [-0.05, 0) is 40.9 Å². The maximum absolute atomic E-state index is 12.1. The van der Waals surface area contributed by atoms with Crippen molar-refractivity contribution in [2.75, 3.05) is 5.75 Å². The van der Waals surface area contributed by atoms with Crippen LogP contribution >= 0.6 is 15.9 Å². The van der Waals surface area contributed by atoms with Gasteiger partial charge in [0.15, 0.2) is 5.78 Å². The van der Waals surface area contributed by atoms with Crippen molar-refractivity contribution in [1.82, 2.24) is 5.32 Å². The van der Waals surface area contributed by atoms with Crippen LogP contribution in [0.15, 0.2) is 33.6 Å². The number of amides is 1. The van der Waals surface area contributed by atoms with E-state index in [1.807, 2.05) is 19.9 Å². The monoisotopic (exact) mass is 359 g/mol. The lowest BCUT2D eigenvalue weighted by atomic mass is 10.0. The molecule has 0 fully saturated rings. The van der Waals surface area contributed by atoms with Gasteiger partial charge in [0.2, 0.25) is 5.91 Å². The third kappa shape index (κ3) is 4.83. The van der Waals surface area contributed by atoms with Gasteiger partial charge in [-0.2, -0.15) is 0 Å². The number of Topliss-reactive ketones (excluding diaryl/α,β-unsaturated/α-hetero) is 1. The fourth-order valence-electron chi connectivity index (χ4n) is 1.78. The molecule has 0 bridgehead atoms. The van der Waals surface area contributed by atoms with Crippen LogP contribution in [0.1, 0.15) is 20.8 Å². The molecule has 0 aromatic heterocycles. The summed E-state index contributed by atoms with van der Waals surface area (Å²) < 4.78 is 12.8. The van der Waals surface area contributed by atoms with E-state index in [9.17, 15) is 13.8 Å². The molecule has 20 heavy (non-hydrogen) atoms. The lowest BCUT2D eigenvalue weighted by Gasteiger charge is -2.19. The number of carbonyl (C=O) groups excluding carboxylic acids is 2. The van der Waals surface area contributed by atoms with Crippen LogP contribution in [0.25, 0.3) is 0 Å². The van der Waals surface area contributed by atoms with Gasteiger partial charge in [-0.1, -0.05) is 26.0 Å². The third-order valence-corrected chi connectivity index (χ3v) is 5.09. The maximum atomic E-state index is 12.1. The van der Waals surface area contributed by atoms with E-state index < -0.39 is 16.8 Å². The van der Waals surface area contributed by atoms with Crippen molar-refractivity contribution in [3.05, 3.63) is 28.7 Å². The van der Waals surface area contributed by atoms with Gasteiger partial charge in [0.05, 0.1) is 21.7 Å². The van der Waals surface area contributed by atoms with E-state index in [0.717, 1.165) is 0 Å². The van der Waals surface area contributed by atoms with Gasteiger partial charge in [0.1, 0.15) is 5.75 Å². The Morgan fingerprint density at radius 1 is 1.30 bits per heavy atom. The predicted molar refractivity (Wildman–Crippen MR) is 82.9 cm³/mol. The van der Waals surface area contributed by atoms with E-state index in [0.29, 0.717) is 9.37 Å². The van der Waals surface area contributed by atoms with Crippen LogP contribution in [0, 0.1) is 5.92 Å². The Kier molecular flexibility index (Phi) is 6.55. The molecule has 4 nitrogen and oxygen atoms in total. The molecule has 0 heterocycles. The van der Waals surface area contributed by atoms with E-state index in [-0.39, 0.29) is 23.4 Å². The molecule has 2 atom stereocenters. The predicted octanol–water partition coefficient (Wildman–Crippen LogP) is 2.29. The molecule has 0 aliphatic heterocycles. The molecular weight excluding hydrogens is 342 g/mol. The summed E-state index contributed by atoms with van der Waals surface area (Å²) in [4.78, 5) is 23.9. The summed E-state index contributed by atoms with van der Waals surface area (Å²) in [6.45, 7) is 5.16. The highest BCUT2D eigenvalue weighted by Gasteiger charge is 2.22. The summed E-state index contributed by atoms with van der Waals surface area (Å²) >= 11 is 3.31. The van der Waals surface area contributed by atoms with Crippen molar-refractivity contribution >= 4 is 38.4 Å². The number of halogens is 1. The lowest BCUT2D eigenvalue weighted by molar-refractivity contribution is -0.126. The van der Waals surface area contributed by atoms with Crippen molar-refractivity contribution < 1.29 is 13.8 Å². The standard InChI is InChI=1S/C14H18BrNO3S/c1-9(2)14(10(3)17)16-13(18)8-20(19)12-7-5-4-6-11(12)15/h4-7,9,14H,8H2,1-3H3,(H,16,18). The molecule has 1 aromatic rings. The number of hydrogen-bond donors (Lipinski definition) is 1. The van der Waals surface area contributed by atoms with E-state index >= 15 is 0 Å². The molecule has 0 saturated carbocycles. The second-order valence-electron chi connectivity index (χ2n) is 4.82. The van der Waals surface area contributed by atoms with E-state index in [2.05, 4.69) is 21.2 Å². The Labute approximate surface area is 129 Å². The zero-order chi connectivity index (χ0) is 15.3. The van der Waals surface area contributed by atoms with Gasteiger partial charge in [0.25, 0.3) is 0 Å². The number of nitrogens with one attached hydrogen (secondary N) is 1. The van der Waals surface area contributed by atoms with Crippen molar-refractivity contribution in [2.45, 2.75) is 31.7 Å². The summed E-state index contributed by atoms with van der Waals surface area (Å²) in [7, 11) is -1.44. The molecule has 0 radical (unpaired) electrons. The first-order valence-corrected chi connectivity index (χ1v) is 8.36. The van der Waals surface area contributed by atoms with Gasteiger partial charge < -0.3 is 5.32 Å². The molecule has 110 valence electrons.